The number of unbranched alkanes of at least 4 members (excludes halogenated alkanes) is 1. The fraction of sp³-hybridized carbons (Fsp3) is 0.645. The van der Waals surface area contributed by atoms with Crippen LogP contribution in [-0.2, 0) is 78.0 Å². The van der Waals surface area contributed by atoms with Crippen molar-refractivity contribution in [1.29, 1.82) is 0 Å². The van der Waals surface area contributed by atoms with E-state index in [0.29, 0.717) is 92.2 Å². The minimum absolute atomic E-state index is 0. The van der Waals surface area contributed by atoms with Gasteiger partial charge in [0, 0.05) is 36.0 Å². The van der Waals surface area contributed by atoms with Crippen LogP contribution >= 0.6 is 0 Å². The first kappa shape index (κ1) is 113. The fourth-order valence-corrected chi connectivity index (χ4v) is 18.9. The van der Waals surface area contributed by atoms with E-state index in [1.807, 2.05) is 146 Å². The van der Waals surface area contributed by atoms with E-state index < -0.39 is 129 Å². The van der Waals surface area contributed by atoms with Gasteiger partial charge in [-0.15, -0.1) is 6.58 Å². The van der Waals surface area contributed by atoms with Crippen LogP contribution in [0.3, 0.4) is 0 Å². The summed E-state index contributed by atoms with van der Waals surface area (Å²) >= 11 is 0. The van der Waals surface area contributed by atoms with Gasteiger partial charge in [0.05, 0.1) is 111 Å². The number of hydrogen-bond acceptors (Lipinski definition) is 27. The Hall–Kier alpha value is -11.1. The molecule has 0 N–H and O–H groups in total. The van der Waals surface area contributed by atoms with Crippen LogP contribution in [0.1, 0.15) is 287 Å². The van der Waals surface area contributed by atoms with E-state index in [4.69, 9.17) is 81.8 Å². The zero-order chi connectivity index (χ0) is 100. The number of hydrogen-bond donors (Lipinski definition) is 0. The molecule has 3 aromatic carbocycles. The minimum Gasteiger partial charge on any atom is -0.497 e. The topological polar surface area (TPSA) is 351 Å². The number of amides is 3. The van der Waals surface area contributed by atoms with E-state index in [2.05, 4.69) is 24.2 Å². The number of carbonyl (C=O) groups is 9. The third-order valence-corrected chi connectivity index (χ3v) is 27.1. The molecule has 8 aliphatic rings. The Labute approximate surface area is 829 Å². The van der Waals surface area contributed by atoms with Gasteiger partial charge in [0.25, 0.3) is 0 Å². The van der Waals surface area contributed by atoms with E-state index >= 15 is 0 Å². The molecule has 14 rings (SSSR count). The largest absolute Gasteiger partial charge is 0.497 e. The molecule has 6 aromatic rings. The van der Waals surface area contributed by atoms with Gasteiger partial charge in [-0.2, -0.15) is 0 Å². The second-order valence-corrected chi connectivity index (χ2v) is 44.6. The van der Waals surface area contributed by atoms with Crippen molar-refractivity contribution in [1.82, 2.24) is 44.6 Å². The number of ether oxygens (including phenoxy) is 12. The fourth-order valence-electron chi connectivity index (χ4n) is 18.9. The molecule has 0 radical (unpaired) electrons. The number of nitrogens with zero attached hydrogens (tertiary/aromatic N) is 9. The van der Waals surface area contributed by atoms with Crippen LogP contribution < -0.4 is 28.4 Å². The summed E-state index contributed by atoms with van der Waals surface area (Å²) in [6.45, 7) is 47.2. The Morgan fingerprint density at radius 3 is 1.44 bits per heavy atom. The molecule has 8 heterocycles. The summed E-state index contributed by atoms with van der Waals surface area (Å²) in [4.78, 5) is 157. The summed E-state index contributed by atoms with van der Waals surface area (Å²) in [7, 11) is 4.78. The van der Waals surface area contributed by atoms with Gasteiger partial charge >= 0.3 is 35.8 Å². The van der Waals surface area contributed by atoms with Gasteiger partial charge in [-0.1, -0.05) is 137 Å². The van der Waals surface area contributed by atoms with Crippen LogP contribution in [0.2, 0.25) is 0 Å². The molecule has 18 atom stereocenters. The zero-order valence-electron chi connectivity index (χ0n) is 85.1. The smallest absolute Gasteiger partial charge is 0.329 e. The van der Waals surface area contributed by atoms with Gasteiger partial charge in [-0.05, 0) is 222 Å². The van der Waals surface area contributed by atoms with E-state index in [0.717, 1.165) is 94.7 Å². The molecule has 30 heteroatoms. The van der Waals surface area contributed by atoms with Crippen molar-refractivity contribution in [3.63, 3.8) is 0 Å². The van der Waals surface area contributed by atoms with Crippen LogP contribution in [0, 0.1) is 69.5 Å². The van der Waals surface area contributed by atoms with E-state index in [9.17, 15) is 43.2 Å². The van der Waals surface area contributed by atoms with Crippen molar-refractivity contribution in [2.75, 3.05) is 41.0 Å². The minimum atomic E-state index is -0.939. The molecule has 4 bridgehead atoms. The SMILES string of the molecule is C.C.C.C=CCCC[C@@H]1C[C@H]1OC(=O)C[C@H](C(=O)N1C[C@H](Oc2nc3cc(OC)ccc3nc2C=C)[C@@H](C)[C@H]1C(=O)OC(C)(C)C)C(C)(C)C.COc1ccc2nc3c(nc2c1)O[C@H]1CN(C(=O)[C@H](C(C)(C)C)CC(=O)O[C@@H]2C[C@H]2CCC/C=C/3)[C@H](C(=O)OC(C)(C)C)[C@@H]1C.COc1ccc2nc3c(nc2c1)O[C@H]1CN(C(=O)[C@H](C(C)(C)C)CC(=O)O[C@@H]2C[C@H]2CCCCC3)[C@H](C(=O)OC(C)(C)C)[C@@H]1C. The van der Waals surface area contributed by atoms with Crippen molar-refractivity contribution < 1.29 is 100.0 Å². The summed E-state index contributed by atoms with van der Waals surface area (Å²) in [5, 5.41) is 0. The standard InChI is InChI=1S/C37H51N3O7.C35H49N3O7.C35H47N3O7.3CH4/c1-11-13-14-15-23-18-29(23)45-31(41)20-25(36(4,5)6)34(42)40-21-30(22(3)32(40)35(43)47-37(7,8)9)46-33-26(12-2)38-27-17-16-24(44-10)19-28(27)39-33;2*1-20-28-19-38(30(20)33(41)45-35(5,6)7)32(40)23(34(2,3)4)18-29(39)43-27-16-21(27)12-10-9-11-13-25-31(44-28)37-26-17-22(42-8)14-15-24(26)36-25;;;/h11-12,16-17,19,22-23,25,29-30,32H,1-2,13-15,18,20-21H2,3-10H3;14-15,17,20-21,23,27-28,30H,9-13,16,18-19H2,1-8H3;11,13-15,17,20-21,23,27-28,30H,9-10,12,16,18-19H2,1-8H3;3*1H4/b;;13-11+;;;/t22-,23-,25-,29-,30+,32+;2*20-,21-,23-,27-,28+,30+;;;/m111.../s1. The molecule has 30 nitrogen and oxygen atoms in total. The highest BCUT2D eigenvalue weighted by Crippen LogP contribution is 2.47. The van der Waals surface area contributed by atoms with Crippen molar-refractivity contribution in [3.05, 3.63) is 97.0 Å². The van der Waals surface area contributed by atoms with Crippen LogP contribution in [0.5, 0.6) is 34.9 Å². The van der Waals surface area contributed by atoms with Gasteiger partial charge in [0.2, 0.25) is 35.4 Å². The molecule has 3 aromatic heterocycles. The molecular weight excluding hydrogens is 1780 g/mol. The first-order chi connectivity index (χ1) is 64.3. The monoisotopic (exact) mass is 1940 g/mol. The number of rotatable bonds is 17. The second kappa shape index (κ2) is 46.3. The number of likely N-dealkylation sites (tertiary alicyclic amines) is 1. The average Bonchev–Trinajstić information content (AvgIpc) is 1.62. The first-order valence-corrected chi connectivity index (χ1v) is 49.0. The van der Waals surface area contributed by atoms with Gasteiger partial charge in [-0.25, -0.2) is 44.3 Å². The molecule has 5 aliphatic heterocycles. The Balaban J connectivity index is 0.000000232. The van der Waals surface area contributed by atoms with E-state index in [1.54, 1.807) is 103 Å². The van der Waals surface area contributed by atoms with Gasteiger partial charge in [0.15, 0.2) is 0 Å². The number of allylic oxidation sites excluding steroid dienone is 2. The highest BCUT2D eigenvalue weighted by Gasteiger charge is 2.57. The Morgan fingerprint density at radius 1 is 0.507 bits per heavy atom. The summed E-state index contributed by atoms with van der Waals surface area (Å²) in [5.74, 6) is -3.08. The summed E-state index contributed by atoms with van der Waals surface area (Å²) in [6.07, 6.45) is 18.0. The number of methoxy groups -OCH3 is 3. The van der Waals surface area contributed by atoms with Gasteiger partial charge < -0.3 is 71.5 Å². The first-order valence-electron chi connectivity index (χ1n) is 49.0. The number of benzene rings is 3. The van der Waals surface area contributed by atoms with Crippen molar-refractivity contribution >= 4 is 98.8 Å². The maximum Gasteiger partial charge on any atom is 0.329 e. The predicted octanol–water partition coefficient (Wildman–Crippen LogP) is 19.9. The summed E-state index contributed by atoms with van der Waals surface area (Å²) in [6, 6.07) is 13.7. The second-order valence-electron chi connectivity index (χ2n) is 44.6. The Bertz CT molecular complexity index is 5440. The molecule has 3 saturated carbocycles. The Morgan fingerprint density at radius 2 is 0.971 bits per heavy atom. The molecule has 140 heavy (non-hydrogen) atoms. The normalized spacial score (nSPS) is 26.0. The van der Waals surface area contributed by atoms with Gasteiger partial charge in [0.1, 0.15) is 106 Å². The highest BCUT2D eigenvalue weighted by atomic mass is 16.6. The van der Waals surface area contributed by atoms with E-state index in [-0.39, 0.29) is 115 Å². The third kappa shape index (κ3) is 28.9. The lowest BCUT2D eigenvalue weighted by Gasteiger charge is -2.35. The van der Waals surface area contributed by atoms with Crippen LogP contribution in [0.25, 0.3) is 45.3 Å². The molecule has 3 amide bonds. The number of fused-ring (bicyclic) bond motifs is 11. The molecule has 3 saturated heterocycles. The lowest BCUT2D eigenvalue weighted by molar-refractivity contribution is -0.167. The van der Waals surface area contributed by atoms with E-state index in [1.165, 1.54) is 4.90 Å². The van der Waals surface area contributed by atoms with Crippen LogP contribution in [0.15, 0.2) is 79.9 Å². The quantitative estimate of drug-likeness (QED) is 0.0354. The maximum absolute atomic E-state index is 14.4. The number of aryl methyl sites for hydroxylation is 1. The number of carbonyl (C=O) groups excluding carboxylic acids is 9. The molecule has 6 fully saturated rings. The molecule has 3 aliphatic carbocycles. The average molecular weight is 1940 g/mol. The summed E-state index contributed by atoms with van der Waals surface area (Å²) in [5.41, 5.74) is 1.67. The predicted molar refractivity (Wildman–Crippen MR) is 539 cm³/mol. The Kier molecular flexibility index (Phi) is 37.2. The van der Waals surface area contributed by atoms with Crippen LogP contribution in [0.4, 0.5) is 0 Å². The highest BCUT2D eigenvalue weighted by molar-refractivity contribution is 5.93. The van der Waals surface area contributed by atoms with Crippen LogP contribution in [-0.4, -0.2) is 211 Å². The number of esters is 6. The molecule has 0 unspecified atom stereocenters. The van der Waals surface area contributed by atoms with Crippen molar-refractivity contribution in [2.45, 2.75) is 348 Å². The lowest BCUT2D eigenvalue weighted by Crippen LogP contribution is -2.50. The molecular formula is C110H159N9O21. The maximum atomic E-state index is 14.4. The van der Waals surface area contributed by atoms with Gasteiger partial charge in [-0.3, -0.25) is 28.8 Å². The van der Waals surface area contributed by atoms with Crippen molar-refractivity contribution in [2.24, 2.45) is 69.5 Å². The third-order valence-electron chi connectivity index (χ3n) is 27.1. The lowest BCUT2D eigenvalue weighted by atomic mass is 9.77. The van der Waals surface area contributed by atoms with Crippen molar-refractivity contribution in [3.8, 4) is 34.9 Å². The summed E-state index contributed by atoms with van der Waals surface area (Å²) < 4.78 is 70.8. The molecule has 770 valence electrons. The number of aromatic nitrogens is 6. The zero-order valence-corrected chi connectivity index (χ0v) is 85.1. The molecule has 0 spiro atoms.